The van der Waals surface area contributed by atoms with Gasteiger partial charge >= 0.3 is 0 Å². The summed E-state index contributed by atoms with van der Waals surface area (Å²) in [5, 5.41) is 0. The quantitative estimate of drug-likeness (QED) is 0.464. The molecular formula is C29H55N5O8. The number of ether oxygens (including phenoxy) is 8. The maximum absolute atomic E-state index is 5.51. The first kappa shape index (κ1) is 32.9. The van der Waals surface area contributed by atoms with Crippen LogP contribution in [0.25, 0.3) is 0 Å². The van der Waals surface area contributed by atoms with Gasteiger partial charge in [0.1, 0.15) is 53.8 Å². The van der Waals surface area contributed by atoms with E-state index in [0.717, 1.165) is 120 Å². The van der Waals surface area contributed by atoms with Gasteiger partial charge in [-0.3, -0.25) is 9.80 Å². The second kappa shape index (κ2) is 13.9. The fourth-order valence-corrected chi connectivity index (χ4v) is 6.11. The van der Waals surface area contributed by atoms with E-state index in [1.165, 1.54) is 0 Å². The number of hydrogen-bond acceptors (Lipinski definition) is 13. The summed E-state index contributed by atoms with van der Waals surface area (Å²) in [6, 6.07) is 0.565. The van der Waals surface area contributed by atoms with Crippen LogP contribution in [0.3, 0.4) is 0 Å². The molecule has 0 spiro atoms. The summed E-state index contributed by atoms with van der Waals surface area (Å²) < 4.78 is 42.6. The fraction of sp³-hybridized carbons (Fsp3) is 1.00. The van der Waals surface area contributed by atoms with Crippen LogP contribution in [0.5, 0.6) is 0 Å². The van der Waals surface area contributed by atoms with Gasteiger partial charge in [-0.2, -0.15) is 0 Å². The van der Waals surface area contributed by atoms with E-state index in [0.29, 0.717) is 6.04 Å². The third-order valence-corrected chi connectivity index (χ3v) is 9.76. The summed E-state index contributed by atoms with van der Waals surface area (Å²) in [5.74, 6) is 0. The highest BCUT2D eigenvalue weighted by Crippen LogP contribution is 2.31. The molecule has 8 heterocycles. The lowest BCUT2D eigenvalue weighted by Crippen LogP contribution is -2.51. The Balaban J connectivity index is 0.000000115. The van der Waals surface area contributed by atoms with Crippen molar-refractivity contribution in [3.05, 3.63) is 0 Å². The standard InChI is InChI=1S/C11H22N2O2.C7H13NO2.C6H11NO2.C5H9NO2/c1-10(2)5-14-8-12(10)7-13-9-15-6-11(13,3)4;1-2-7-3-9-5-8(7)6-10-4-7;1-6-2-8-4-7(6)5-9-3-6;1-5-2-8-4-6(5)3-7-1/h5-9H2,1-4H3;2-6H2,1H3;2-5H2,1H3;5H,1-4H2. The normalized spacial score (nSPS) is 31.6. The average Bonchev–Trinajstić information content (AvgIpc) is 3.76. The molecule has 42 heavy (non-hydrogen) atoms. The number of fused-ring (bicyclic) bond motifs is 3. The molecule has 0 bridgehead atoms. The second-order valence-corrected chi connectivity index (χ2v) is 14.1. The predicted molar refractivity (Wildman–Crippen MR) is 154 cm³/mol. The van der Waals surface area contributed by atoms with E-state index in [1.807, 2.05) is 0 Å². The van der Waals surface area contributed by atoms with Gasteiger partial charge in [0, 0.05) is 11.1 Å². The van der Waals surface area contributed by atoms with Crippen molar-refractivity contribution in [3.8, 4) is 0 Å². The van der Waals surface area contributed by atoms with Crippen molar-refractivity contribution in [1.82, 2.24) is 24.5 Å². The van der Waals surface area contributed by atoms with Crippen molar-refractivity contribution in [2.75, 3.05) is 113 Å². The maximum Gasteiger partial charge on any atom is 0.101 e. The van der Waals surface area contributed by atoms with Crippen molar-refractivity contribution in [3.63, 3.8) is 0 Å². The molecule has 0 aliphatic carbocycles. The molecule has 0 aromatic carbocycles. The third kappa shape index (κ3) is 7.47. The fourth-order valence-electron chi connectivity index (χ4n) is 6.11. The smallest absolute Gasteiger partial charge is 0.101 e. The lowest BCUT2D eigenvalue weighted by Gasteiger charge is -2.37. The van der Waals surface area contributed by atoms with E-state index in [4.69, 9.17) is 37.9 Å². The van der Waals surface area contributed by atoms with Gasteiger partial charge in [-0.1, -0.05) is 6.92 Å². The van der Waals surface area contributed by atoms with Crippen molar-refractivity contribution in [2.24, 2.45) is 0 Å². The maximum atomic E-state index is 5.51. The molecule has 8 fully saturated rings. The van der Waals surface area contributed by atoms with Crippen LogP contribution < -0.4 is 0 Å². The first-order chi connectivity index (χ1) is 20.1. The zero-order chi connectivity index (χ0) is 29.8. The monoisotopic (exact) mass is 601 g/mol. The van der Waals surface area contributed by atoms with Crippen molar-refractivity contribution >= 4 is 0 Å². The molecular weight excluding hydrogens is 546 g/mol. The van der Waals surface area contributed by atoms with Crippen LogP contribution in [0, 0.1) is 0 Å². The third-order valence-electron chi connectivity index (χ3n) is 9.76. The number of nitrogens with zero attached hydrogens (tertiary/aromatic N) is 5. The minimum absolute atomic E-state index is 0.151. The highest BCUT2D eigenvalue weighted by molar-refractivity contribution is 4.94. The van der Waals surface area contributed by atoms with Crippen molar-refractivity contribution in [1.29, 1.82) is 0 Å². The van der Waals surface area contributed by atoms with Gasteiger partial charge in [-0.15, -0.1) is 0 Å². The molecule has 13 nitrogen and oxygen atoms in total. The van der Waals surface area contributed by atoms with E-state index >= 15 is 0 Å². The van der Waals surface area contributed by atoms with E-state index in [1.54, 1.807) is 0 Å². The molecule has 0 N–H and O–H groups in total. The van der Waals surface area contributed by atoms with Crippen LogP contribution in [0.4, 0.5) is 0 Å². The van der Waals surface area contributed by atoms with Crippen LogP contribution in [0.1, 0.15) is 48.0 Å². The van der Waals surface area contributed by atoms with Crippen LogP contribution in [-0.4, -0.2) is 166 Å². The summed E-state index contributed by atoms with van der Waals surface area (Å²) in [5.41, 5.74) is 0.733. The molecule has 0 atom stereocenters. The Morgan fingerprint density at radius 3 is 1.36 bits per heavy atom. The van der Waals surface area contributed by atoms with Gasteiger partial charge in [-0.05, 0) is 41.0 Å². The Labute approximate surface area is 252 Å². The highest BCUT2D eigenvalue weighted by Gasteiger charge is 2.45. The largest absolute Gasteiger partial charge is 0.364 e. The van der Waals surface area contributed by atoms with Crippen LogP contribution in [0.15, 0.2) is 0 Å². The SMILES string of the molecule is C1OCN2COCC12.CC1(C)COCN1CN1COCC1(C)C.CC12COCN1COC2.CCC12COCN1COC2. The molecule has 0 saturated carbocycles. The number of hydrogen-bond donors (Lipinski definition) is 0. The van der Waals surface area contributed by atoms with E-state index in [2.05, 4.69) is 66.0 Å². The highest BCUT2D eigenvalue weighted by atomic mass is 16.6. The summed E-state index contributed by atoms with van der Waals surface area (Å²) in [6.07, 6.45) is 1.13. The first-order valence-electron chi connectivity index (χ1n) is 15.4. The molecule has 0 aromatic rings. The Morgan fingerprint density at radius 2 is 0.976 bits per heavy atom. The van der Waals surface area contributed by atoms with E-state index in [-0.39, 0.29) is 22.2 Å². The second-order valence-electron chi connectivity index (χ2n) is 14.1. The Kier molecular flexibility index (Phi) is 10.8. The van der Waals surface area contributed by atoms with Gasteiger partial charge in [0.05, 0.1) is 76.6 Å². The Morgan fingerprint density at radius 1 is 0.524 bits per heavy atom. The topological polar surface area (TPSA) is 90.0 Å². The van der Waals surface area contributed by atoms with Gasteiger partial charge in [-0.25, -0.2) is 14.7 Å². The lowest BCUT2D eigenvalue weighted by atomic mass is 9.99. The minimum atomic E-state index is 0.151. The van der Waals surface area contributed by atoms with Gasteiger partial charge in [0.15, 0.2) is 0 Å². The Hall–Kier alpha value is -0.520. The minimum Gasteiger partial charge on any atom is -0.364 e. The van der Waals surface area contributed by atoms with Crippen LogP contribution in [0.2, 0.25) is 0 Å². The van der Waals surface area contributed by atoms with E-state index < -0.39 is 0 Å². The zero-order valence-electron chi connectivity index (χ0n) is 26.8. The molecule has 0 amide bonds. The van der Waals surface area contributed by atoms with Crippen molar-refractivity contribution < 1.29 is 37.9 Å². The summed E-state index contributed by atoms with van der Waals surface area (Å²) in [7, 11) is 0. The van der Waals surface area contributed by atoms with Gasteiger partial charge in [0.2, 0.25) is 0 Å². The molecule has 0 radical (unpaired) electrons. The molecule has 13 heteroatoms. The molecule has 8 saturated heterocycles. The van der Waals surface area contributed by atoms with E-state index in [9.17, 15) is 0 Å². The predicted octanol–water partition coefficient (Wildman–Crippen LogP) is 1.15. The molecule has 8 aliphatic heterocycles. The Bertz CT molecular complexity index is 802. The first-order valence-corrected chi connectivity index (χ1v) is 15.4. The van der Waals surface area contributed by atoms with Crippen LogP contribution in [-0.2, 0) is 37.9 Å². The summed E-state index contributed by atoms with van der Waals surface area (Å²) in [4.78, 5) is 11.4. The summed E-state index contributed by atoms with van der Waals surface area (Å²) in [6.45, 7) is 26.9. The zero-order valence-corrected chi connectivity index (χ0v) is 26.8. The van der Waals surface area contributed by atoms with Gasteiger partial charge in [0.25, 0.3) is 0 Å². The van der Waals surface area contributed by atoms with Crippen molar-refractivity contribution in [2.45, 2.75) is 76.2 Å². The summed E-state index contributed by atoms with van der Waals surface area (Å²) >= 11 is 0. The van der Waals surface area contributed by atoms with Crippen LogP contribution >= 0.6 is 0 Å². The lowest BCUT2D eigenvalue weighted by molar-refractivity contribution is 0.0236. The average molecular weight is 602 g/mol. The molecule has 0 unspecified atom stereocenters. The molecule has 244 valence electrons. The molecule has 0 aromatic heterocycles. The number of rotatable bonds is 3. The molecule has 8 aliphatic rings. The molecule has 8 rings (SSSR count). The van der Waals surface area contributed by atoms with Gasteiger partial charge < -0.3 is 37.9 Å².